The Labute approximate surface area is 170 Å². The zero-order valence-corrected chi connectivity index (χ0v) is 16.5. The molecule has 1 amide bonds. The van der Waals surface area contributed by atoms with E-state index in [-0.39, 0.29) is 12.5 Å². The van der Waals surface area contributed by atoms with E-state index in [9.17, 15) is 4.79 Å². The lowest BCUT2D eigenvalue weighted by Crippen LogP contribution is -2.38. The number of carbonyl (C=O) groups excluding carboxylic acids is 1. The molecular formula is C21H24N4O2S. The van der Waals surface area contributed by atoms with Gasteiger partial charge in [-0.3, -0.25) is 10.2 Å². The number of ether oxygens (including phenoxy) is 1. The number of nitrogens with one attached hydrogen (secondary N) is 2. The summed E-state index contributed by atoms with van der Waals surface area (Å²) in [5.41, 5.74) is 4.57. The highest BCUT2D eigenvalue weighted by molar-refractivity contribution is 7.80. The molecule has 146 valence electrons. The second-order valence-electron chi connectivity index (χ2n) is 6.49. The summed E-state index contributed by atoms with van der Waals surface area (Å²) in [4.78, 5) is 14.0. The van der Waals surface area contributed by atoms with Gasteiger partial charge in [0.1, 0.15) is 5.75 Å². The van der Waals surface area contributed by atoms with E-state index >= 15 is 0 Å². The molecule has 1 aliphatic heterocycles. The minimum Gasteiger partial charge on any atom is -0.484 e. The number of carbonyl (C=O) groups is 1. The van der Waals surface area contributed by atoms with Crippen LogP contribution in [0.1, 0.15) is 24.8 Å². The van der Waals surface area contributed by atoms with Gasteiger partial charge in [0.15, 0.2) is 11.7 Å². The maximum Gasteiger partial charge on any atom is 0.260 e. The van der Waals surface area contributed by atoms with Crippen LogP contribution in [0.3, 0.4) is 0 Å². The lowest BCUT2D eigenvalue weighted by Gasteiger charge is -2.26. The number of thiocarbonyl (C=S) groups is 1. The summed E-state index contributed by atoms with van der Waals surface area (Å²) >= 11 is 5.19. The summed E-state index contributed by atoms with van der Waals surface area (Å²) in [6.45, 7) is 1.76. The fourth-order valence-corrected chi connectivity index (χ4v) is 3.05. The van der Waals surface area contributed by atoms with Crippen molar-refractivity contribution in [1.82, 2.24) is 10.3 Å². The first-order chi connectivity index (χ1) is 13.7. The molecule has 0 aromatic heterocycles. The Hall–Kier alpha value is -2.93. The van der Waals surface area contributed by atoms with Gasteiger partial charge in [-0.2, -0.15) is 5.10 Å². The minimum atomic E-state index is 0.0500. The number of piperidine rings is 1. The molecule has 2 aromatic carbocycles. The third kappa shape index (κ3) is 6.35. The predicted molar refractivity (Wildman–Crippen MR) is 116 cm³/mol. The van der Waals surface area contributed by atoms with Gasteiger partial charge in [0.2, 0.25) is 0 Å². The molecule has 7 heteroatoms. The molecule has 3 rings (SSSR count). The van der Waals surface area contributed by atoms with Crippen LogP contribution in [0.5, 0.6) is 5.75 Å². The number of hydrogen-bond donors (Lipinski definition) is 2. The average Bonchev–Trinajstić information content (AvgIpc) is 2.74. The second kappa shape index (κ2) is 10.4. The van der Waals surface area contributed by atoms with Gasteiger partial charge in [0.05, 0.1) is 6.21 Å². The van der Waals surface area contributed by atoms with Crippen LogP contribution in [-0.2, 0) is 4.79 Å². The van der Waals surface area contributed by atoms with Crippen molar-refractivity contribution in [3.8, 4) is 5.75 Å². The Kier molecular flexibility index (Phi) is 7.37. The van der Waals surface area contributed by atoms with Crippen molar-refractivity contribution in [3.63, 3.8) is 0 Å². The van der Waals surface area contributed by atoms with E-state index < -0.39 is 0 Å². The van der Waals surface area contributed by atoms with Crippen LogP contribution in [0.4, 0.5) is 5.69 Å². The average molecular weight is 397 g/mol. The Bertz CT molecular complexity index is 803. The summed E-state index contributed by atoms with van der Waals surface area (Å²) in [6, 6.07) is 17.0. The summed E-state index contributed by atoms with van der Waals surface area (Å²) in [5.74, 6) is 0.714. The first kappa shape index (κ1) is 19.8. The molecule has 2 aromatic rings. The summed E-state index contributed by atoms with van der Waals surface area (Å²) in [5, 5.41) is 7.58. The Balaban J connectivity index is 1.41. The summed E-state index contributed by atoms with van der Waals surface area (Å²) in [6.07, 6.45) is 5.04. The quantitative estimate of drug-likeness (QED) is 0.445. The summed E-state index contributed by atoms with van der Waals surface area (Å²) in [7, 11) is 0. The normalized spacial score (nSPS) is 13.9. The molecular weight excluding hydrogens is 372 g/mol. The predicted octanol–water partition coefficient (Wildman–Crippen LogP) is 3.40. The summed E-state index contributed by atoms with van der Waals surface area (Å²) < 4.78 is 5.60. The molecule has 1 aliphatic rings. The molecule has 0 saturated carbocycles. The molecule has 0 unspecified atom stereocenters. The van der Waals surface area contributed by atoms with Crippen LogP contribution in [0, 0.1) is 0 Å². The Morgan fingerprint density at radius 1 is 1.07 bits per heavy atom. The highest BCUT2D eigenvalue weighted by Gasteiger charge is 2.16. The highest BCUT2D eigenvalue weighted by atomic mass is 32.1. The van der Waals surface area contributed by atoms with Crippen LogP contribution in [0.2, 0.25) is 0 Å². The number of hydrazone groups is 1. The van der Waals surface area contributed by atoms with Crippen molar-refractivity contribution < 1.29 is 9.53 Å². The van der Waals surface area contributed by atoms with E-state index in [1.165, 1.54) is 6.42 Å². The van der Waals surface area contributed by atoms with E-state index in [1.54, 1.807) is 6.21 Å². The molecule has 0 radical (unpaired) electrons. The van der Waals surface area contributed by atoms with Crippen LogP contribution in [-0.4, -0.2) is 41.8 Å². The van der Waals surface area contributed by atoms with Crippen molar-refractivity contribution in [1.29, 1.82) is 0 Å². The molecule has 2 N–H and O–H groups in total. The van der Waals surface area contributed by atoms with E-state index in [0.29, 0.717) is 10.9 Å². The smallest absolute Gasteiger partial charge is 0.260 e. The highest BCUT2D eigenvalue weighted by Crippen LogP contribution is 2.13. The molecule has 0 atom stereocenters. The minimum absolute atomic E-state index is 0.0500. The third-order valence-corrected chi connectivity index (χ3v) is 4.56. The molecule has 0 spiro atoms. The van der Waals surface area contributed by atoms with Gasteiger partial charge in [0, 0.05) is 18.8 Å². The van der Waals surface area contributed by atoms with Gasteiger partial charge in [-0.25, -0.2) is 0 Å². The number of nitrogens with zero attached hydrogens (tertiary/aromatic N) is 2. The molecule has 0 bridgehead atoms. The van der Waals surface area contributed by atoms with E-state index in [2.05, 4.69) is 15.8 Å². The van der Waals surface area contributed by atoms with E-state index in [1.807, 2.05) is 59.5 Å². The van der Waals surface area contributed by atoms with Gasteiger partial charge in [0.25, 0.3) is 5.91 Å². The van der Waals surface area contributed by atoms with Crippen LogP contribution in [0.25, 0.3) is 0 Å². The van der Waals surface area contributed by atoms with Crippen molar-refractivity contribution in [2.75, 3.05) is 25.0 Å². The number of rotatable bonds is 6. The number of benzene rings is 2. The van der Waals surface area contributed by atoms with Gasteiger partial charge >= 0.3 is 0 Å². The van der Waals surface area contributed by atoms with Crippen molar-refractivity contribution in [2.24, 2.45) is 5.10 Å². The van der Waals surface area contributed by atoms with Crippen LogP contribution < -0.4 is 15.5 Å². The van der Waals surface area contributed by atoms with E-state index in [0.717, 1.165) is 37.2 Å². The maximum atomic E-state index is 12.1. The number of likely N-dealkylation sites (tertiary alicyclic amines) is 1. The van der Waals surface area contributed by atoms with Crippen molar-refractivity contribution >= 4 is 35.1 Å². The molecule has 28 heavy (non-hydrogen) atoms. The standard InChI is InChI=1S/C21H24N4O2S/c26-20(25-13-5-2-6-14-25)16-27-19-11-9-17(10-12-19)15-22-24-21(28)23-18-7-3-1-4-8-18/h1,3-4,7-12,15H,2,5-6,13-14,16H2,(H2,23,24,28)/b22-15-. The SMILES string of the molecule is O=C(COc1ccc(/C=N\NC(=S)Nc2ccccc2)cc1)N1CCCCC1. The lowest BCUT2D eigenvalue weighted by atomic mass is 10.1. The second-order valence-corrected chi connectivity index (χ2v) is 6.90. The maximum absolute atomic E-state index is 12.1. The molecule has 0 aliphatic carbocycles. The first-order valence-electron chi connectivity index (χ1n) is 9.36. The first-order valence-corrected chi connectivity index (χ1v) is 9.77. The zero-order chi connectivity index (χ0) is 19.6. The topological polar surface area (TPSA) is 66.0 Å². The molecule has 1 fully saturated rings. The van der Waals surface area contributed by atoms with Crippen LogP contribution >= 0.6 is 12.2 Å². The fourth-order valence-electron chi connectivity index (χ4n) is 2.88. The monoisotopic (exact) mass is 396 g/mol. The number of hydrogen-bond acceptors (Lipinski definition) is 4. The molecule has 1 saturated heterocycles. The Morgan fingerprint density at radius 2 is 1.79 bits per heavy atom. The molecule has 1 heterocycles. The number of anilines is 1. The Morgan fingerprint density at radius 3 is 2.50 bits per heavy atom. The number of amides is 1. The molecule has 6 nitrogen and oxygen atoms in total. The number of para-hydroxylation sites is 1. The van der Waals surface area contributed by atoms with Gasteiger partial charge < -0.3 is 15.0 Å². The lowest BCUT2D eigenvalue weighted by molar-refractivity contribution is -0.134. The largest absolute Gasteiger partial charge is 0.484 e. The zero-order valence-electron chi connectivity index (χ0n) is 15.6. The van der Waals surface area contributed by atoms with Crippen molar-refractivity contribution in [2.45, 2.75) is 19.3 Å². The fraction of sp³-hybridized carbons (Fsp3) is 0.286. The van der Waals surface area contributed by atoms with Crippen LogP contribution in [0.15, 0.2) is 59.7 Å². The van der Waals surface area contributed by atoms with Gasteiger partial charge in [-0.1, -0.05) is 18.2 Å². The van der Waals surface area contributed by atoms with Gasteiger partial charge in [-0.15, -0.1) is 0 Å². The van der Waals surface area contributed by atoms with Gasteiger partial charge in [-0.05, 0) is 73.4 Å². The van der Waals surface area contributed by atoms with Crippen molar-refractivity contribution in [3.05, 3.63) is 60.2 Å². The third-order valence-electron chi connectivity index (χ3n) is 4.36. The van der Waals surface area contributed by atoms with E-state index in [4.69, 9.17) is 17.0 Å².